The van der Waals surface area contributed by atoms with Crippen molar-refractivity contribution >= 4 is 73.2 Å². The summed E-state index contributed by atoms with van der Waals surface area (Å²) in [6.07, 6.45) is 0.971. The summed E-state index contributed by atoms with van der Waals surface area (Å²) in [5.41, 5.74) is 6.76. The number of aromatic nitrogens is 2. The van der Waals surface area contributed by atoms with Gasteiger partial charge in [0.2, 0.25) is 5.95 Å². The van der Waals surface area contributed by atoms with E-state index in [0.29, 0.717) is 5.02 Å². The number of hydrogen-bond acceptors (Lipinski definition) is 5. The molecule has 1 aromatic carbocycles. The number of hydrogen-bond donors (Lipinski definition) is 2. The molecule has 3 aromatic rings. The molecule has 0 saturated heterocycles. The Bertz CT molecular complexity index is 818. The van der Waals surface area contributed by atoms with Crippen LogP contribution in [0.25, 0.3) is 10.2 Å². The molecule has 0 saturated carbocycles. The van der Waals surface area contributed by atoms with Crippen LogP contribution in [0.4, 0.5) is 17.5 Å². The lowest BCUT2D eigenvalue weighted by Crippen LogP contribution is -2.01. The Balaban J connectivity index is 2.08. The van der Waals surface area contributed by atoms with Gasteiger partial charge in [-0.3, -0.25) is 0 Å². The van der Waals surface area contributed by atoms with Gasteiger partial charge in [0.1, 0.15) is 10.6 Å². The third-order valence-electron chi connectivity index (χ3n) is 2.99. The number of benzene rings is 1. The molecule has 0 unspecified atom stereocenters. The zero-order valence-electron chi connectivity index (χ0n) is 11.2. The number of rotatable bonds is 3. The van der Waals surface area contributed by atoms with Gasteiger partial charge in [0.05, 0.1) is 11.1 Å². The van der Waals surface area contributed by atoms with Gasteiger partial charge in [-0.15, -0.1) is 11.3 Å². The number of nitrogens with one attached hydrogen (secondary N) is 1. The molecule has 3 rings (SSSR count). The quantitative estimate of drug-likeness (QED) is 0.584. The molecule has 7 heteroatoms. The first-order valence-corrected chi connectivity index (χ1v) is 8.62. The summed E-state index contributed by atoms with van der Waals surface area (Å²) in [5, 5.41) is 5.04. The predicted molar refractivity (Wildman–Crippen MR) is 98.7 cm³/mol. The molecule has 3 N–H and O–H groups in total. The highest BCUT2D eigenvalue weighted by Gasteiger charge is 2.11. The fourth-order valence-corrected chi connectivity index (χ4v) is 3.96. The number of nitrogen functional groups attached to an aromatic ring is 1. The minimum atomic E-state index is 0.276. The van der Waals surface area contributed by atoms with Crippen LogP contribution in [0.1, 0.15) is 11.8 Å². The topological polar surface area (TPSA) is 63.8 Å². The first-order valence-electron chi connectivity index (χ1n) is 6.35. The molecular formula is C14H12ClIN4S. The Morgan fingerprint density at radius 3 is 2.86 bits per heavy atom. The van der Waals surface area contributed by atoms with Crippen LogP contribution in [0, 0.1) is 3.57 Å². The Morgan fingerprint density at radius 2 is 2.14 bits per heavy atom. The molecule has 0 aliphatic carbocycles. The van der Waals surface area contributed by atoms with Crippen LogP contribution in [0.5, 0.6) is 0 Å². The van der Waals surface area contributed by atoms with E-state index in [4.69, 9.17) is 17.3 Å². The summed E-state index contributed by atoms with van der Waals surface area (Å²) < 4.78 is 1.02. The Hall–Kier alpha value is -1.12. The molecule has 0 amide bonds. The average Bonchev–Trinajstić information content (AvgIpc) is 2.85. The van der Waals surface area contributed by atoms with Gasteiger partial charge >= 0.3 is 0 Å². The molecule has 0 aliphatic rings. The third-order valence-corrected chi connectivity index (χ3v) is 5.29. The largest absolute Gasteiger partial charge is 0.368 e. The number of fused-ring (bicyclic) bond motifs is 1. The monoisotopic (exact) mass is 430 g/mol. The van der Waals surface area contributed by atoms with Gasteiger partial charge in [-0.25, -0.2) is 4.98 Å². The molecule has 0 radical (unpaired) electrons. The van der Waals surface area contributed by atoms with Crippen molar-refractivity contribution in [2.45, 2.75) is 13.3 Å². The van der Waals surface area contributed by atoms with Crippen molar-refractivity contribution in [3.8, 4) is 0 Å². The van der Waals surface area contributed by atoms with Gasteiger partial charge in [0.25, 0.3) is 0 Å². The highest BCUT2D eigenvalue weighted by Crippen LogP contribution is 2.33. The van der Waals surface area contributed by atoms with Gasteiger partial charge < -0.3 is 11.1 Å². The minimum absolute atomic E-state index is 0.276. The van der Waals surface area contributed by atoms with Crippen molar-refractivity contribution in [3.63, 3.8) is 0 Å². The molecule has 0 atom stereocenters. The SMILES string of the molecule is CCc1cc2c(Nc3ccc(Cl)cc3I)nc(N)nc2s1. The maximum atomic E-state index is 5.99. The molecule has 0 aliphatic heterocycles. The summed E-state index contributed by atoms with van der Waals surface area (Å²) in [6, 6.07) is 7.79. The van der Waals surface area contributed by atoms with Crippen LogP contribution < -0.4 is 11.1 Å². The van der Waals surface area contributed by atoms with E-state index in [0.717, 1.165) is 31.7 Å². The van der Waals surface area contributed by atoms with Gasteiger partial charge in [-0.05, 0) is 53.3 Å². The molecule has 2 heterocycles. The summed E-state index contributed by atoms with van der Waals surface area (Å²) in [5.74, 6) is 1.01. The van der Waals surface area contributed by atoms with Crippen LogP contribution in [0.15, 0.2) is 24.3 Å². The van der Waals surface area contributed by atoms with Crippen LogP contribution in [-0.2, 0) is 6.42 Å². The summed E-state index contributed by atoms with van der Waals surface area (Å²) >= 11 is 9.87. The van der Waals surface area contributed by atoms with Crippen LogP contribution in [0.2, 0.25) is 5.02 Å². The van der Waals surface area contributed by atoms with E-state index in [9.17, 15) is 0 Å². The molecule has 0 bridgehead atoms. The number of aryl methyl sites for hydroxylation is 1. The highest BCUT2D eigenvalue weighted by atomic mass is 127. The second kappa shape index (κ2) is 5.94. The molecular weight excluding hydrogens is 419 g/mol. The summed E-state index contributed by atoms with van der Waals surface area (Å²) in [7, 11) is 0. The van der Waals surface area contributed by atoms with E-state index in [2.05, 4.69) is 50.9 Å². The fourth-order valence-electron chi connectivity index (χ4n) is 1.98. The Kier molecular flexibility index (Phi) is 4.19. The summed E-state index contributed by atoms with van der Waals surface area (Å²) in [4.78, 5) is 10.8. The van der Waals surface area contributed by atoms with Crippen molar-refractivity contribution < 1.29 is 0 Å². The number of halogens is 2. The average molecular weight is 431 g/mol. The predicted octanol–water partition coefficient (Wildman–Crippen LogP) is 4.84. The Labute approximate surface area is 144 Å². The molecule has 0 fully saturated rings. The van der Waals surface area contributed by atoms with E-state index in [1.807, 2.05) is 18.2 Å². The number of anilines is 3. The molecule has 0 spiro atoms. The van der Waals surface area contributed by atoms with Crippen molar-refractivity contribution in [1.29, 1.82) is 0 Å². The van der Waals surface area contributed by atoms with Crippen molar-refractivity contribution in [2.75, 3.05) is 11.1 Å². The van der Waals surface area contributed by atoms with Crippen molar-refractivity contribution in [3.05, 3.63) is 37.7 Å². The van der Waals surface area contributed by atoms with E-state index < -0.39 is 0 Å². The first kappa shape index (κ1) is 14.8. The number of thiophene rings is 1. The lowest BCUT2D eigenvalue weighted by Gasteiger charge is -2.09. The lowest BCUT2D eigenvalue weighted by atomic mass is 10.3. The Morgan fingerprint density at radius 1 is 1.33 bits per heavy atom. The summed E-state index contributed by atoms with van der Waals surface area (Å²) in [6.45, 7) is 2.12. The van der Waals surface area contributed by atoms with Crippen molar-refractivity contribution in [1.82, 2.24) is 9.97 Å². The van der Waals surface area contributed by atoms with Gasteiger partial charge in [0.15, 0.2) is 0 Å². The van der Waals surface area contributed by atoms with Gasteiger partial charge in [-0.1, -0.05) is 18.5 Å². The van der Waals surface area contributed by atoms with Crippen LogP contribution in [-0.4, -0.2) is 9.97 Å². The highest BCUT2D eigenvalue weighted by molar-refractivity contribution is 14.1. The zero-order chi connectivity index (χ0) is 15.0. The molecule has 4 nitrogen and oxygen atoms in total. The van der Waals surface area contributed by atoms with E-state index >= 15 is 0 Å². The van der Waals surface area contributed by atoms with Crippen molar-refractivity contribution in [2.24, 2.45) is 0 Å². The standard InChI is InChI=1S/C14H12ClIN4S/c1-2-8-6-9-12(19-14(17)20-13(9)21-8)18-11-4-3-7(15)5-10(11)16/h3-6H,2H2,1H3,(H3,17,18,19,20). The van der Waals surface area contributed by atoms with Crippen LogP contribution >= 0.6 is 45.5 Å². The second-order valence-corrected chi connectivity index (χ2v) is 7.18. The smallest absolute Gasteiger partial charge is 0.223 e. The molecule has 108 valence electrons. The fraction of sp³-hybridized carbons (Fsp3) is 0.143. The maximum Gasteiger partial charge on any atom is 0.223 e. The molecule has 21 heavy (non-hydrogen) atoms. The van der Waals surface area contributed by atoms with E-state index in [1.165, 1.54) is 4.88 Å². The van der Waals surface area contributed by atoms with E-state index in [1.54, 1.807) is 11.3 Å². The third kappa shape index (κ3) is 3.07. The number of nitrogens with zero attached hydrogens (tertiary/aromatic N) is 2. The number of nitrogens with two attached hydrogens (primary N) is 1. The van der Waals surface area contributed by atoms with Gasteiger partial charge in [-0.2, -0.15) is 4.98 Å². The van der Waals surface area contributed by atoms with Gasteiger partial charge in [0, 0.05) is 13.5 Å². The first-order chi connectivity index (χ1) is 10.1. The minimum Gasteiger partial charge on any atom is -0.368 e. The maximum absolute atomic E-state index is 5.99. The molecule has 2 aromatic heterocycles. The van der Waals surface area contributed by atoms with Crippen LogP contribution in [0.3, 0.4) is 0 Å². The normalized spacial score (nSPS) is 11.0. The lowest BCUT2D eigenvalue weighted by molar-refractivity contribution is 1.19. The zero-order valence-corrected chi connectivity index (χ0v) is 14.9. The second-order valence-electron chi connectivity index (χ2n) is 4.46. The van der Waals surface area contributed by atoms with E-state index in [-0.39, 0.29) is 5.95 Å².